The van der Waals surface area contributed by atoms with Crippen LogP contribution >= 0.6 is 36.6 Å². The summed E-state index contributed by atoms with van der Waals surface area (Å²) in [5, 5.41) is 0. The number of thioether (sulfide) groups is 1. The smallest absolute Gasteiger partial charge is 0.240 e. The van der Waals surface area contributed by atoms with Crippen LogP contribution in [0.25, 0.3) is 0 Å². The molecule has 1 unspecified atom stereocenters. The Bertz CT molecular complexity index is 685. The summed E-state index contributed by atoms with van der Waals surface area (Å²) in [6.07, 6.45) is 17.0. The first-order chi connectivity index (χ1) is 15.1. The molecular formula is C26H43Cl2N3OS. The van der Waals surface area contributed by atoms with Gasteiger partial charge in [-0.15, -0.1) is 24.8 Å². The van der Waals surface area contributed by atoms with E-state index in [0.29, 0.717) is 11.2 Å². The maximum Gasteiger partial charge on any atom is 0.240 e. The van der Waals surface area contributed by atoms with Crippen molar-refractivity contribution in [2.45, 2.75) is 82.9 Å². The molecule has 5 rings (SSSR count). The Labute approximate surface area is 217 Å². The van der Waals surface area contributed by atoms with E-state index < -0.39 is 6.04 Å². The predicted molar refractivity (Wildman–Crippen MR) is 144 cm³/mol. The lowest BCUT2D eigenvalue weighted by atomic mass is 9.49. The topological polar surface area (TPSA) is 59.2 Å². The number of aromatic nitrogens is 1. The van der Waals surface area contributed by atoms with Gasteiger partial charge in [0.15, 0.2) is 0 Å². The molecule has 1 aromatic rings. The lowest BCUT2D eigenvalue weighted by Gasteiger charge is -2.57. The Balaban J connectivity index is 0.00000193. The monoisotopic (exact) mass is 515 g/mol. The Kier molecular flexibility index (Phi) is 11.8. The third kappa shape index (κ3) is 7.75. The van der Waals surface area contributed by atoms with Crippen molar-refractivity contribution in [2.75, 3.05) is 18.8 Å². The summed E-state index contributed by atoms with van der Waals surface area (Å²) in [5.74, 6) is 4.66. The van der Waals surface area contributed by atoms with Crippen molar-refractivity contribution in [3.63, 3.8) is 0 Å². The van der Waals surface area contributed by atoms with Gasteiger partial charge in [0.2, 0.25) is 5.91 Å². The van der Waals surface area contributed by atoms with Crippen LogP contribution < -0.4 is 5.73 Å². The normalized spacial score (nSPS) is 28.0. The first-order valence-electron chi connectivity index (χ1n) is 12.6. The second-order valence-electron chi connectivity index (χ2n) is 10.7. The number of rotatable bonds is 12. The van der Waals surface area contributed by atoms with Crippen molar-refractivity contribution < 1.29 is 4.79 Å². The van der Waals surface area contributed by atoms with Gasteiger partial charge in [0.25, 0.3) is 0 Å². The molecule has 4 nitrogen and oxygen atoms in total. The minimum atomic E-state index is -0.398. The van der Waals surface area contributed by atoms with Gasteiger partial charge < -0.3 is 10.6 Å². The van der Waals surface area contributed by atoms with Crippen LogP contribution in [0.3, 0.4) is 0 Å². The van der Waals surface area contributed by atoms with E-state index in [0.717, 1.165) is 43.0 Å². The number of nitrogens with two attached hydrogens (primary N) is 1. The lowest BCUT2D eigenvalue weighted by molar-refractivity contribution is -0.133. The van der Waals surface area contributed by atoms with Crippen LogP contribution in [0.5, 0.6) is 0 Å². The number of hydrogen-bond donors (Lipinski definition) is 1. The highest BCUT2D eigenvalue weighted by Crippen LogP contribution is 2.61. The molecule has 33 heavy (non-hydrogen) atoms. The SMILES string of the molecule is CCCCCN(CCC12CC3CC(CC(C3)C1)C2)C(=O)C(N)CSCc1ccncc1.Cl.Cl. The maximum atomic E-state index is 13.3. The number of amides is 1. The van der Waals surface area contributed by atoms with E-state index in [1.807, 2.05) is 24.5 Å². The van der Waals surface area contributed by atoms with Gasteiger partial charge in [-0.25, -0.2) is 0 Å². The van der Waals surface area contributed by atoms with Gasteiger partial charge in [-0.2, -0.15) is 11.8 Å². The quantitative estimate of drug-likeness (QED) is 0.341. The van der Waals surface area contributed by atoms with Crippen LogP contribution in [0, 0.1) is 23.2 Å². The molecule has 4 aliphatic rings. The number of pyridine rings is 1. The average molecular weight is 517 g/mol. The molecule has 1 amide bonds. The van der Waals surface area contributed by atoms with Gasteiger partial charge in [-0.1, -0.05) is 19.8 Å². The summed E-state index contributed by atoms with van der Waals surface area (Å²) in [7, 11) is 0. The molecule has 1 atom stereocenters. The first-order valence-corrected chi connectivity index (χ1v) is 13.7. The molecule has 0 aliphatic heterocycles. The summed E-state index contributed by atoms with van der Waals surface area (Å²) in [6, 6.07) is 3.66. The van der Waals surface area contributed by atoms with E-state index in [4.69, 9.17) is 5.73 Å². The van der Waals surface area contributed by atoms with E-state index in [-0.39, 0.29) is 30.7 Å². The fourth-order valence-corrected chi connectivity index (χ4v) is 7.88. The summed E-state index contributed by atoms with van der Waals surface area (Å²) < 4.78 is 0. The van der Waals surface area contributed by atoms with Gasteiger partial charge >= 0.3 is 0 Å². The zero-order chi connectivity index (χ0) is 21.7. The highest BCUT2D eigenvalue weighted by molar-refractivity contribution is 7.98. The molecular weight excluding hydrogens is 473 g/mol. The van der Waals surface area contributed by atoms with Gasteiger partial charge in [0.1, 0.15) is 0 Å². The van der Waals surface area contributed by atoms with Crippen molar-refractivity contribution in [2.24, 2.45) is 28.9 Å². The molecule has 4 saturated carbocycles. The average Bonchev–Trinajstić information content (AvgIpc) is 2.75. The third-order valence-corrected chi connectivity index (χ3v) is 9.19. The van der Waals surface area contributed by atoms with Gasteiger partial charge in [0.05, 0.1) is 6.04 Å². The molecule has 188 valence electrons. The maximum absolute atomic E-state index is 13.3. The van der Waals surface area contributed by atoms with E-state index in [2.05, 4.69) is 16.8 Å². The highest BCUT2D eigenvalue weighted by atomic mass is 35.5. The molecule has 1 heterocycles. The number of carbonyl (C=O) groups excluding carboxylic acids is 1. The predicted octanol–water partition coefficient (Wildman–Crippen LogP) is 6.11. The largest absolute Gasteiger partial charge is 0.341 e. The molecule has 0 saturated heterocycles. The van der Waals surface area contributed by atoms with Crippen LogP contribution in [-0.2, 0) is 10.5 Å². The van der Waals surface area contributed by atoms with Crippen molar-refractivity contribution in [1.82, 2.24) is 9.88 Å². The molecule has 0 aromatic carbocycles. The summed E-state index contributed by atoms with van der Waals surface area (Å²) in [6.45, 7) is 4.02. The summed E-state index contributed by atoms with van der Waals surface area (Å²) in [4.78, 5) is 19.5. The molecule has 4 bridgehead atoms. The Morgan fingerprint density at radius 3 is 2.27 bits per heavy atom. The molecule has 4 fully saturated rings. The minimum Gasteiger partial charge on any atom is -0.341 e. The molecule has 0 spiro atoms. The van der Waals surface area contributed by atoms with Crippen LogP contribution in [0.1, 0.15) is 76.7 Å². The third-order valence-electron chi connectivity index (χ3n) is 8.05. The van der Waals surface area contributed by atoms with E-state index in [1.54, 1.807) is 11.8 Å². The Hall–Kier alpha value is -0.490. The van der Waals surface area contributed by atoms with Crippen LogP contribution in [0.15, 0.2) is 24.5 Å². The zero-order valence-electron chi connectivity index (χ0n) is 20.1. The van der Waals surface area contributed by atoms with E-state index in [1.165, 1.54) is 63.4 Å². The number of hydrogen-bond acceptors (Lipinski definition) is 4. The Morgan fingerprint density at radius 2 is 1.70 bits per heavy atom. The number of unbranched alkanes of at least 4 members (excludes halogenated alkanes) is 2. The van der Waals surface area contributed by atoms with Crippen molar-refractivity contribution in [3.8, 4) is 0 Å². The minimum absolute atomic E-state index is 0. The van der Waals surface area contributed by atoms with Gasteiger partial charge in [-0.3, -0.25) is 9.78 Å². The summed E-state index contributed by atoms with van der Waals surface area (Å²) >= 11 is 1.75. The highest BCUT2D eigenvalue weighted by Gasteiger charge is 2.50. The number of halogens is 2. The molecule has 0 radical (unpaired) electrons. The molecule has 1 aromatic heterocycles. The first kappa shape index (κ1) is 28.7. The number of carbonyl (C=O) groups is 1. The van der Waals surface area contributed by atoms with Crippen molar-refractivity contribution >= 4 is 42.5 Å². The van der Waals surface area contributed by atoms with Crippen LogP contribution in [-0.4, -0.2) is 40.7 Å². The lowest BCUT2D eigenvalue weighted by Crippen LogP contribution is -2.50. The fourth-order valence-electron chi connectivity index (χ4n) is 6.94. The van der Waals surface area contributed by atoms with Crippen LogP contribution in [0.2, 0.25) is 0 Å². The van der Waals surface area contributed by atoms with E-state index >= 15 is 0 Å². The second kappa shape index (κ2) is 13.6. The van der Waals surface area contributed by atoms with Crippen molar-refractivity contribution in [3.05, 3.63) is 30.1 Å². The standard InChI is InChI=1S/C26H41N3OS.2ClH/c1-2-3-4-10-29(25(30)24(27)19-31-18-20-5-8-28-9-6-20)11-7-26-15-21-12-22(16-26)14-23(13-21)17-26;;/h5-6,8-9,21-24H,2-4,7,10-19,27H2,1H3;2*1H. The molecule has 7 heteroatoms. The van der Waals surface area contributed by atoms with Gasteiger partial charge in [-0.05, 0) is 92.2 Å². The second-order valence-corrected chi connectivity index (χ2v) is 11.7. The molecule has 2 N–H and O–H groups in total. The summed E-state index contributed by atoms with van der Waals surface area (Å²) in [5.41, 5.74) is 8.16. The number of nitrogens with zero attached hydrogens (tertiary/aromatic N) is 2. The fraction of sp³-hybridized carbons (Fsp3) is 0.769. The van der Waals surface area contributed by atoms with Crippen molar-refractivity contribution in [1.29, 1.82) is 0 Å². The molecule has 4 aliphatic carbocycles. The van der Waals surface area contributed by atoms with Gasteiger partial charge in [0, 0.05) is 37.0 Å². The Morgan fingerprint density at radius 1 is 1.09 bits per heavy atom. The van der Waals surface area contributed by atoms with Crippen LogP contribution in [0.4, 0.5) is 0 Å². The zero-order valence-corrected chi connectivity index (χ0v) is 22.6. The van der Waals surface area contributed by atoms with E-state index in [9.17, 15) is 4.79 Å².